The summed E-state index contributed by atoms with van der Waals surface area (Å²) in [5.41, 5.74) is 4.79. The van der Waals surface area contributed by atoms with Crippen LogP contribution in [0.15, 0.2) is 71.2 Å². The fourth-order valence-electron chi connectivity index (χ4n) is 2.74. The number of H-pyrrole nitrogens is 1. The molecule has 96 valence electrons. The SMILES string of the molecule is Brc1c(-c2ccccc2)ccc2[nH]c3ccccc3c12. The van der Waals surface area contributed by atoms with Crippen molar-refractivity contribution in [1.82, 2.24) is 4.98 Å². The van der Waals surface area contributed by atoms with Gasteiger partial charge in [-0.15, -0.1) is 0 Å². The molecule has 0 atom stereocenters. The Balaban J connectivity index is 2.10. The third-order valence-corrected chi connectivity index (χ3v) is 4.52. The molecule has 0 aliphatic carbocycles. The molecule has 1 aromatic heterocycles. The molecule has 4 aromatic rings. The molecule has 20 heavy (non-hydrogen) atoms. The molecule has 0 fully saturated rings. The van der Waals surface area contributed by atoms with Gasteiger partial charge in [-0.25, -0.2) is 0 Å². The summed E-state index contributed by atoms with van der Waals surface area (Å²) in [6.45, 7) is 0. The van der Waals surface area contributed by atoms with E-state index in [1.807, 2.05) is 6.07 Å². The van der Waals surface area contributed by atoms with Crippen molar-refractivity contribution in [2.24, 2.45) is 0 Å². The van der Waals surface area contributed by atoms with E-state index >= 15 is 0 Å². The van der Waals surface area contributed by atoms with E-state index < -0.39 is 0 Å². The molecule has 0 saturated heterocycles. The van der Waals surface area contributed by atoms with Crippen LogP contribution in [0.2, 0.25) is 0 Å². The Hall–Kier alpha value is -2.06. The lowest BCUT2D eigenvalue weighted by Crippen LogP contribution is -1.80. The van der Waals surface area contributed by atoms with Gasteiger partial charge >= 0.3 is 0 Å². The number of halogens is 1. The minimum Gasteiger partial charge on any atom is -0.354 e. The van der Waals surface area contributed by atoms with E-state index in [0.29, 0.717) is 0 Å². The maximum atomic E-state index is 3.80. The van der Waals surface area contributed by atoms with Crippen molar-refractivity contribution in [3.8, 4) is 11.1 Å². The molecule has 4 rings (SSSR count). The number of hydrogen-bond donors (Lipinski definition) is 1. The van der Waals surface area contributed by atoms with Crippen LogP contribution in [-0.4, -0.2) is 4.98 Å². The zero-order chi connectivity index (χ0) is 13.5. The molecule has 0 saturated carbocycles. The minimum atomic E-state index is 1.15. The number of aromatic amines is 1. The van der Waals surface area contributed by atoms with Gasteiger partial charge in [0.15, 0.2) is 0 Å². The molecule has 3 aromatic carbocycles. The first-order valence-corrected chi connectivity index (χ1v) is 7.38. The first-order valence-electron chi connectivity index (χ1n) is 6.59. The van der Waals surface area contributed by atoms with Crippen LogP contribution in [-0.2, 0) is 0 Å². The predicted molar refractivity (Wildman–Crippen MR) is 88.9 cm³/mol. The number of fused-ring (bicyclic) bond motifs is 3. The number of aromatic nitrogens is 1. The van der Waals surface area contributed by atoms with Crippen molar-refractivity contribution in [2.75, 3.05) is 0 Å². The van der Waals surface area contributed by atoms with Crippen LogP contribution < -0.4 is 0 Å². The van der Waals surface area contributed by atoms with Crippen LogP contribution in [0.5, 0.6) is 0 Å². The Morgan fingerprint density at radius 2 is 1.45 bits per heavy atom. The summed E-state index contributed by atoms with van der Waals surface area (Å²) < 4.78 is 1.15. The summed E-state index contributed by atoms with van der Waals surface area (Å²) in [5.74, 6) is 0. The molecule has 1 N–H and O–H groups in total. The molecule has 0 aliphatic rings. The van der Waals surface area contributed by atoms with Gasteiger partial charge in [-0.05, 0) is 39.2 Å². The summed E-state index contributed by atoms with van der Waals surface area (Å²) in [6, 6.07) is 23.2. The molecule has 1 nitrogen and oxygen atoms in total. The standard InChI is InChI=1S/C18H12BrN/c19-18-13(12-6-2-1-3-7-12)10-11-16-17(18)14-8-4-5-9-15(14)20-16/h1-11,20H. The van der Waals surface area contributed by atoms with E-state index in [0.717, 1.165) is 9.99 Å². The summed E-state index contributed by atoms with van der Waals surface area (Å²) >= 11 is 3.80. The average Bonchev–Trinajstić information content (AvgIpc) is 2.88. The van der Waals surface area contributed by atoms with E-state index in [1.165, 1.54) is 27.4 Å². The summed E-state index contributed by atoms with van der Waals surface area (Å²) in [4.78, 5) is 3.47. The van der Waals surface area contributed by atoms with Crippen molar-refractivity contribution >= 4 is 37.7 Å². The third kappa shape index (κ3) is 1.69. The van der Waals surface area contributed by atoms with Crippen LogP contribution in [0.25, 0.3) is 32.9 Å². The Kier molecular flexibility index (Phi) is 2.64. The predicted octanol–water partition coefficient (Wildman–Crippen LogP) is 5.75. The minimum absolute atomic E-state index is 1.15. The Morgan fingerprint density at radius 3 is 2.30 bits per heavy atom. The first-order chi connectivity index (χ1) is 9.84. The second kappa shape index (κ2) is 4.50. The smallest absolute Gasteiger partial charge is 0.0476 e. The van der Waals surface area contributed by atoms with E-state index in [9.17, 15) is 0 Å². The van der Waals surface area contributed by atoms with E-state index in [2.05, 4.69) is 81.6 Å². The number of nitrogens with one attached hydrogen (secondary N) is 1. The summed E-state index contributed by atoms with van der Waals surface area (Å²) in [5, 5.41) is 2.51. The van der Waals surface area contributed by atoms with E-state index in [1.54, 1.807) is 0 Å². The lowest BCUT2D eigenvalue weighted by Gasteiger charge is -2.06. The van der Waals surface area contributed by atoms with Crippen LogP contribution in [0.3, 0.4) is 0 Å². The molecule has 0 unspecified atom stereocenters. The van der Waals surface area contributed by atoms with Crippen molar-refractivity contribution in [3.05, 3.63) is 71.2 Å². The van der Waals surface area contributed by atoms with Crippen molar-refractivity contribution in [3.63, 3.8) is 0 Å². The molecule has 2 heteroatoms. The van der Waals surface area contributed by atoms with Gasteiger partial charge in [0, 0.05) is 26.3 Å². The van der Waals surface area contributed by atoms with Crippen molar-refractivity contribution in [1.29, 1.82) is 0 Å². The van der Waals surface area contributed by atoms with Gasteiger partial charge in [0.25, 0.3) is 0 Å². The molecule has 0 radical (unpaired) electrons. The van der Waals surface area contributed by atoms with Gasteiger partial charge in [0.05, 0.1) is 0 Å². The molecule has 0 spiro atoms. The first kappa shape index (κ1) is 11.7. The molecular formula is C18H12BrN. The highest BCUT2D eigenvalue weighted by atomic mass is 79.9. The maximum absolute atomic E-state index is 3.80. The molecular weight excluding hydrogens is 310 g/mol. The lowest BCUT2D eigenvalue weighted by atomic mass is 10.0. The number of rotatable bonds is 1. The number of hydrogen-bond acceptors (Lipinski definition) is 0. The van der Waals surface area contributed by atoms with Gasteiger partial charge in [-0.3, -0.25) is 0 Å². The Bertz CT molecular complexity index is 907. The fraction of sp³-hybridized carbons (Fsp3) is 0. The zero-order valence-corrected chi connectivity index (χ0v) is 12.3. The van der Waals surface area contributed by atoms with Gasteiger partial charge in [0.2, 0.25) is 0 Å². The van der Waals surface area contributed by atoms with Crippen LogP contribution in [0, 0.1) is 0 Å². The number of para-hydroxylation sites is 1. The topological polar surface area (TPSA) is 15.8 Å². The highest BCUT2D eigenvalue weighted by Crippen LogP contribution is 2.38. The van der Waals surface area contributed by atoms with Gasteiger partial charge < -0.3 is 4.98 Å². The molecule has 0 aliphatic heterocycles. The maximum Gasteiger partial charge on any atom is 0.0476 e. The van der Waals surface area contributed by atoms with Crippen LogP contribution >= 0.6 is 15.9 Å². The van der Waals surface area contributed by atoms with Crippen molar-refractivity contribution in [2.45, 2.75) is 0 Å². The van der Waals surface area contributed by atoms with Crippen LogP contribution in [0.1, 0.15) is 0 Å². The largest absolute Gasteiger partial charge is 0.354 e. The van der Waals surface area contributed by atoms with E-state index in [4.69, 9.17) is 0 Å². The highest BCUT2D eigenvalue weighted by molar-refractivity contribution is 9.10. The van der Waals surface area contributed by atoms with Crippen LogP contribution in [0.4, 0.5) is 0 Å². The fourth-order valence-corrected chi connectivity index (χ4v) is 3.53. The second-order valence-electron chi connectivity index (χ2n) is 4.89. The molecule has 0 amide bonds. The Labute approximate surface area is 125 Å². The monoisotopic (exact) mass is 321 g/mol. The summed E-state index contributed by atoms with van der Waals surface area (Å²) in [7, 11) is 0. The molecule has 1 heterocycles. The molecule has 0 bridgehead atoms. The average molecular weight is 322 g/mol. The zero-order valence-electron chi connectivity index (χ0n) is 10.7. The normalized spacial score (nSPS) is 11.2. The van der Waals surface area contributed by atoms with E-state index in [-0.39, 0.29) is 0 Å². The lowest BCUT2D eigenvalue weighted by molar-refractivity contribution is 1.54. The third-order valence-electron chi connectivity index (χ3n) is 3.69. The summed E-state index contributed by atoms with van der Waals surface area (Å²) in [6.07, 6.45) is 0. The highest BCUT2D eigenvalue weighted by Gasteiger charge is 2.11. The van der Waals surface area contributed by atoms with Gasteiger partial charge in [-0.1, -0.05) is 54.6 Å². The second-order valence-corrected chi connectivity index (χ2v) is 5.68. The van der Waals surface area contributed by atoms with Gasteiger partial charge in [0.1, 0.15) is 0 Å². The Morgan fingerprint density at radius 1 is 0.700 bits per heavy atom. The number of benzene rings is 3. The van der Waals surface area contributed by atoms with Crippen molar-refractivity contribution < 1.29 is 0 Å². The van der Waals surface area contributed by atoms with Gasteiger partial charge in [-0.2, -0.15) is 0 Å². The quantitative estimate of drug-likeness (QED) is 0.459.